The van der Waals surface area contributed by atoms with Crippen molar-refractivity contribution in [2.24, 2.45) is 10.8 Å². The number of rotatable bonds is 9. The van der Waals surface area contributed by atoms with Crippen LogP contribution in [0.25, 0.3) is 0 Å². The lowest BCUT2D eigenvalue weighted by molar-refractivity contribution is 0.246. The van der Waals surface area contributed by atoms with Gasteiger partial charge in [0.1, 0.15) is 17.2 Å². The first-order valence-electron chi connectivity index (χ1n) is 7.75. The highest BCUT2D eigenvalue weighted by atomic mass is 16.5. The van der Waals surface area contributed by atoms with Gasteiger partial charge in [0.25, 0.3) is 0 Å². The Morgan fingerprint density at radius 3 is 2.44 bits per heavy atom. The van der Waals surface area contributed by atoms with Gasteiger partial charge < -0.3 is 19.9 Å². The smallest absolute Gasteiger partial charge is 0.332 e. The summed E-state index contributed by atoms with van der Waals surface area (Å²) in [5.74, 6) is 2.29. The molecule has 0 saturated heterocycles. The topological polar surface area (TPSA) is 95.2 Å². The fourth-order valence-electron chi connectivity index (χ4n) is 1.95. The van der Waals surface area contributed by atoms with Gasteiger partial charge in [-0.15, -0.1) is 0 Å². The van der Waals surface area contributed by atoms with E-state index in [0.717, 1.165) is 29.2 Å². The highest BCUT2D eigenvalue weighted by molar-refractivity contribution is 5.81. The largest absolute Gasteiger partial charge is 0.497 e. The summed E-state index contributed by atoms with van der Waals surface area (Å²) in [5.41, 5.74) is 7.87. The Kier molecular flexibility index (Phi) is 7.12. The maximum Gasteiger partial charge on any atom is 0.332 e. The van der Waals surface area contributed by atoms with Crippen molar-refractivity contribution < 1.29 is 19.0 Å². The van der Waals surface area contributed by atoms with E-state index in [4.69, 9.17) is 19.9 Å². The molecular formula is C18H21N3O4. The van der Waals surface area contributed by atoms with E-state index in [-0.39, 0.29) is 0 Å². The first kappa shape index (κ1) is 18.1. The molecule has 2 aromatic rings. The second-order valence-electron chi connectivity index (χ2n) is 5.03. The number of primary amides is 1. The Balaban J connectivity index is 1.67. The van der Waals surface area contributed by atoms with E-state index >= 15 is 0 Å². The van der Waals surface area contributed by atoms with Crippen LogP contribution < -0.4 is 25.4 Å². The molecule has 3 N–H and O–H groups in total. The van der Waals surface area contributed by atoms with E-state index in [1.54, 1.807) is 7.11 Å². The molecule has 7 heteroatoms. The number of nitrogens with two attached hydrogens (primary N) is 1. The molecule has 0 atom stereocenters. The summed E-state index contributed by atoms with van der Waals surface area (Å²) < 4.78 is 16.4. The SMILES string of the molecule is COc1cccc(OCCCOc2ccc(/C=N\NC(N)=O)cc2)c1. The lowest BCUT2D eigenvalue weighted by Gasteiger charge is -2.09. The summed E-state index contributed by atoms with van der Waals surface area (Å²) in [5, 5.41) is 3.68. The first-order chi connectivity index (χ1) is 12.2. The number of hydrogen-bond donors (Lipinski definition) is 2. The summed E-state index contributed by atoms with van der Waals surface area (Å²) in [6.07, 6.45) is 2.25. The third kappa shape index (κ3) is 6.82. The minimum Gasteiger partial charge on any atom is -0.497 e. The molecule has 0 aliphatic carbocycles. The van der Waals surface area contributed by atoms with Crippen molar-refractivity contribution in [1.82, 2.24) is 5.43 Å². The maximum atomic E-state index is 10.5. The first-order valence-corrected chi connectivity index (χ1v) is 7.75. The highest BCUT2D eigenvalue weighted by Gasteiger charge is 1.98. The molecule has 0 aliphatic heterocycles. The van der Waals surface area contributed by atoms with Gasteiger partial charge in [0, 0.05) is 12.5 Å². The minimum absolute atomic E-state index is 0.542. The summed E-state index contributed by atoms with van der Waals surface area (Å²) >= 11 is 0. The van der Waals surface area contributed by atoms with Crippen molar-refractivity contribution in [3.05, 3.63) is 54.1 Å². The van der Waals surface area contributed by atoms with Gasteiger partial charge in [0.15, 0.2) is 0 Å². The van der Waals surface area contributed by atoms with Gasteiger partial charge in [0.2, 0.25) is 0 Å². The van der Waals surface area contributed by atoms with Gasteiger partial charge in [0.05, 0.1) is 26.5 Å². The molecule has 0 spiro atoms. The summed E-state index contributed by atoms with van der Waals surface area (Å²) in [6, 6.07) is 14.1. The molecule has 2 amide bonds. The maximum absolute atomic E-state index is 10.5. The zero-order chi connectivity index (χ0) is 17.9. The van der Waals surface area contributed by atoms with Crippen LogP contribution in [-0.2, 0) is 0 Å². The third-order valence-electron chi connectivity index (χ3n) is 3.14. The fourth-order valence-corrected chi connectivity index (χ4v) is 1.95. The average Bonchev–Trinajstić information content (AvgIpc) is 2.62. The number of carbonyl (C=O) groups is 1. The molecule has 2 aromatic carbocycles. The van der Waals surface area contributed by atoms with Crippen LogP contribution in [-0.4, -0.2) is 32.6 Å². The second kappa shape index (κ2) is 9.82. The fraction of sp³-hybridized carbons (Fsp3) is 0.222. The van der Waals surface area contributed by atoms with Crippen LogP contribution in [0.15, 0.2) is 53.6 Å². The summed E-state index contributed by atoms with van der Waals surface area (Å²) in [4.78, 5) is 10.5. The zero-order valence-corrected chi connectivity index (χ0v) is 14.0. The summed E-state index contributed by atoms with van der Waals surface area (Å²) in [6.45, 7) is 1.09. The molecule has 0 radical (unpaired) electrons. The quantitative estimate of drug-likeness (QED) is 0.415. The molecule has 0 aromatic heterocycles. The van der Waals surface area contributed by atoms with E-state index in [2.05, 4.69) is 10.5 Å². The van der Waals surface area contributed by atoms with Crippen LogP contribution >= 0.6 is 0 Å². The number of hydrazone groups is 1. The van der Waals surface area contributed by atoms with Crippen LogP contribution in [0, 0.1) is 0 Å². The lowest BCUT2D eigenvalue weighted by Crippen LogP contribution is -2.24. The number of nitrogens with one attached hydrogen (secondary N) is 1. The molecule has 0 fully saturated rings. The Labute approximate surface area is 146 Å². The number of nitrogens with zero attached hydrogens (tertiary/aromatic N) is 1. The molecule has 2 rings (SSSR count). The monoisotopic (exact) mass is 343 g/mol. The van der Waals surface area contributed by atoms with Crippen LogP contribution in [0.1, 0.15) is 12.0 Å². The van der Waals surface area contributed by atoms with Crippen molar-refractivity contribution in [1.29, 1.82) is 0 Å². The Morgan fingerprint density at radius 2 is 1.76 bits per heavy atom. The van der Waals surface area contributed by atoms with Crippen molar-refractivity contribution in [3.63, 3.8) is 0 Å². The lowest BCUT2D eigenvalue weighted by atomic mass is 10.2. The van der Waals surface area contributed by atoms with E-state index in [1.807, 2.05) is 48.5 Å². The standard InChI is InChI=1S/C18H21N3O4/c1-23-16-4-2-5-17(12-16)25-11-3-10-24-15-8-6-14(7-9-15)13-20-21-18(19)22/h2,4-9,12-13H,3,10-11H2,1H3,(H3,19,21,22)/b20-13-. The van der Waals surface area contributed by atoms with Gasteiger partial charge in [-0.25, -0.2) is 10.2 Å². The van der Waals surface area contributed by atoms with Crippen LogP contribution in [0.2, 0.25) is 0 Å². The molecular weight excluding hydrogens is 322 g/mol. The number of hydrogen-bond acceptors (Lipinski definition) is 5. The van der Waals surface area contributed by atoms with Crippen LogP contribution in [0.5, 0.6) is 17.2 Å². The molecule has 0 unspecified atom stereocenters. The van der Waals surface area contributed by atoms with Crippen molar-refractivity contribution in [2.75, 3.05) is 20.3 Å². The molecule has 7 nitrogen and oxygen atoms in total. The van der Waals surface area contributed by atoms with Gasteiger partial charge >= 0.3 is 6.03 Å². The van der Waals surface area contributed by atoms with Crippen molar-refractivity contribution in [3.8, 4) is 17.2 Å². The average molecular weight is 343 g/mol. The predicted octanol–water partition coefficient (Wildman–Crippen LogP) is 2.55. The molecule has 25 heavy (non-hydrogen) atoms. The van der Waals surface area contributed by atoms with E-state index in [1.165, 1.54) is 6.21 Å². The van der Waals surface area contributed by atoms with Gasteiger partial charge in [-0.1, -0.05) is 6.07 Å². The summed E-state index contributed by atoms with van der Waals surface area (Å²) in [7, 11) is 1.62. The molecule has 132 valence electrons. The Morgan fingerprint density at radius 1 is 1.08 bits per heavy atom. The second-order valence-corrected chi connectivity index (χ2v) is 5.03. The van der Waals surface area contributed by atoms with Gasteiger partial charge in [-0.2, -0.15) is 5.10 Å². The van der Waals surface area contributed by atoms with Gasteiger partial charge in [-0.05, 0) is 42.0 Å². The highest BCUT2D eigenvalue weighted by Crippen LogP contribution is 2.19. The number of urea groups is 1. The molecule has 0 saturated carbocycles. The zero-order valence-electron chi connectivity index (χ0n) is 14.0. The van der Waals surface area contributed by atoms with Crippen molar-refractivity contribution >= 4 is 12.2 Å². The number of ether oxygens (including phenoxy) is 3. The van der Waals surface area contributed by atoms with E-state index < -0.39 is 6.03 Å². The van der Waals surface area contributed by atoms with E-state index in [9.17, 15) is 4.79 Å². The molecule has 0 aliphatic rings. The normalized spacial score (nSPS) is 10.4. The number of benzene rings is 2. The number of methoxy groups -OCH3 is 1. The predicted molar refractivity (Wildman–Crippen MR) is 95.4 cm³/mol. The number of carbonyl (C=O) groups excluding carboxylic acids is 1. The minimum atomic E-state index is -0.702. The van der Waals surface area contributed by atoms with Gasteiger partial charge in [-0.3, -0.25) is 0 Å². The van der Waals surface area contributed by atoms with Crippen LogP contribution in [0.4, 0.5) is 4.79 Å². The third-order valence-corrected chi connectivity index (χ3v) is 3.14. The Bertz CT molecular complexity index is 702. The van der Waals surface area contributed by atoms with Crippen LogP contribution in [0.3, 0.4) is 0 Å². The van der Waals surface area contributed by atoms with Crippen molar-refractivity contribution in [2.45, 2.75) is 6.42 Å². The van der Waals surface area contributed by atoms with E-state index in [0.29, 0.717) is 13.2 Å². The number of amides is 2. The molecule has 0 bridgehead atoms. The Hall–Kier alpha value is -3.22. The molecule has 0 heterocycles.